The lowest BCUT2D eigenvalue weighted by atomic mass is 10.1. The van der Waals surface area contributed by atoms with Crippen LogP contribution in [-0.4, -0.2) is 46.9 Å². The van der Waals surface area contributed by atoms with Gasteiger partial charge in [0.1, 0.15) is 0 Å². The lowest BCUT2D eigenvalue weighted by molar-refractivity contribution is 0.0632. The smallest absolute Gasteiger partial charge is 0.264 e. The summed E-state index contributed by atoms with van der Waals surface area (Å²) in [5.41, 5.74) is 2.53. The van der Waals surface area contributed by atoms with Gasteiger partial charge in [0.25, 0.3) is 5.91 Å². The van der Waals surface area contributed by atoms with Crippen LogP contribution in [0.4, 0.5) is 0 Å². The van der Waals surface area contributed by atoms with E-state index in [2.05, 4.69) is 27.4 Å². The van der Waals surface area contributed by atoms with E-state index in [4.69, 9.17) is 0 Å². The molecule has 0 unspecified atom stereocenters. The summed E-state index contributed by atoms with van der Waals surface area (Å²) in [6.07, 6.45) is 6.22. The van der Waals surface area contributed by atoms with Gasteiger partial charge < -0.3 is 4.90 Å². The van der Waals surface area contributed by atoms with Crippen LogP contribution in [0.25, 0.3) is 0 Å². The number of carbonyl (C=O) groups is 1. The van der Waals surface area contributed by atoms with Gasteiger partial charge in [-0.2, -0.15) is 0 Å². The van der Waals surface area contributed by atoms with Gasteiger partial charge in [-0.3, -0.25) is 14.7 Å². The molecule has 0 N–H and O–H groups in total. The molecular formula is C18H21N3OS. The van der Waals surface area contributed by atoms with Crippen LogP contribution in [0.3, 0.4) is 0 Å². The number of nitrogens with zero attached hydrogens (tertiary/aromatic N) is 3. The molecule has 120 valence electrons. The zero-order valence-corrected chi connectivity index (χ0v) is 14.0. The summed E-state index contributed by atoms with van der Waals surface area (Å²) in [6.45, 7) is 4.43. The molecule has 0 aromatic carbocycles. The lowest BCUT2D eigenvalue weighted by Crippen LogP contribution is -2.48. The van der Waals surface area contributed by atoms with Crippen molar-refractivity contribution >= 4 is 17.2 Å². The lowest BCUT2D eigenvalue weighted by Gasteiger charge is -2.34. The summed E-state index contributed by atoms with van der Waals surface area (Å²) in [5.74, 6) is 0.884. The fourth-order valence-electron chi connectivity index (χ4n) is 3.21. The number of carbonyl (C=O) groups excluding carboxylic acids is 1. The van der Waals surface area contributed by atoms with Crippen LogP contribution in [0.5, 0.6) is 0 Å². The van der Waals surface area contributed by atoms with Crippen molar-refractivity contribution in [2.24, 2.45) is 0 Å². The summed E-state index contributed by atoms with van der Waals surface area (Å²) in [7, 11) is 0. The molecule has 1 saturated heterocycles. The minimum atomic E-state index is 0.239. The highest BCUT2D eigenvalue weighted by atomic mass is 32.1. The Morgan fingerprint density at radius 1 is 1.22 bits per heavy atom. The van der Waals surface area contributed by atoms with Crippen LogP contribution >= 0.6 is 11.3 Å². The number of pyridine rings is 1. The molecule has 1 aliphatic heterocycles. The maximum absolute atomic E-state index is 12.8. The van der Waals surface area contributed by atoms with Gasteiger partial charge >= 0.3 is 0 Å². The molecule has 2 aromatic rings. The fraction of sp³-hybridized carbons (Fsp3) is 0.444. The quantitative estimate of drug-likeness (QED) is 0.866. The molecule has 4 nitrogen and oxygen atoms in total. The molecule has 1 aliphatic carbocycles. The Balaban J connectivity index is 1.35. The van der Waals surface area contributed by atoms with Crippen LogP contribution < -0.4 is 0 Å². The molecule has 1 amide bonds. The molecule has 0 spiro atoms. The Labute approximate surface area is 140 Å². The van der Waals surface area contributed by atoms with Gasteiger partial charge in [-0.05, 0) is 47.4 Å². The topological polar surface area (TPSA) is 36.4 Å². The minimum Gasteiger partial charge on any atom is -0.335 e. The summed E-state index contributed by atoms with van der Waals surface area (Å²) >= 11 is 1.61. The Kier molecular flexibility index (Phi) is 4.14. The second-order valence-corrected chi connectivity index (χ2v) is 7.33. The highest BCUT2D eigenvalue weighted by Gasteiger charge is 2.31. The van der Waals surface area contributed by atoms with Crippen LogP contribution in [0, 0.1) is 0 Å². The Morgan fingerprint density at radius 3 is 2.74 bits per heavy atom. The molecule has 1 saturated carbocycles. The molecule has 23 heavy (non-hydrogen) atoms. The zero-order valence-electron chi connectivity index (χ0n) is 13.1. The normalized spacial score (nSPS) is 19.0. The molecule has 4 rings (SSSR count). The van der Waals surface area contributed by atoms with E-state index < -0.39 is 0 Å². The molecule has 2 aliphatic rings. The molecule has 5 heteroatoms. The number of hydrogen-bond donors (Lipinski definition) is 0. The van der Waals surface area contributed by atoms with E-state index in [0.29, 0.717) is 5.92 Å². The average Bonchev–Trinajstić information content (AvgIpc) is 3.33. The second kappa shape index (κ2) is 6.42. The highest BCUT2D eigenvalue weighted by Crippen LogP contribution is 2.43. The van der Waals surface area contributed by atoms with E-state index in [-0.39, 0.29) is 5.91 Å². The van der Waals surface area contributed by atoms with Crippen molar-refractivity contribution in [2.75, 3.05) is 26.2 Å². The van der Waals surface area contributed by atoms with Gasteiger partial charge in [0, 0.05) is 45.1 Å². The van der Waals surface area contributed by atoms with E-state index in [9.17, 15) is 4.79 Å². The van der Waals surface area contributed by atoms with E-state index in [1.807, 2.05) is 17.2 Å². The molecule has 2 fully saturated rings. The first-order chi connectivity index (χ1) is 11.3. The maximum atomic E-state index is 12.8. The molecular weight excluding hydrogens is 306 g/mol. The molecule has 0 bridgehead atoms. The molecule has 0 atom stereocenters. The number of rotatable bonds is 4. The van der Waals surface area contributed by atoms with Crippen molar-refractivity contribution in [3.8, 4) is 0 Å². The van der Waals surface area contributed by atoms with Crippen molar-refractivity contribution in [1.29, 1.82) is 0 Å². The Morgan fingerprint density at radius 2 is 2.04 bits per heavy atom. The van der Waals surface area contributed by atoms with Gasteiger partial charge in [0.2, 0.25) is 0 Å². The van der Waals surface area contributed by atoms with E-state index >= 15 is 0 Å². The second-order valence-electron chi connectivity index (χ2n) is 6.41. The van der Waals surface area contributed by atoms with Gasteiger partial charge in [-0.25, -0.2) is 0 Å². The average molecular weight is 327 g/mol. The summed E-state index contributed by atoms with van der Waals surface area (Å²) in [4.78, 5) is 22.4. The van der Waals surface area contributed by atoms with Crippen LogP contribution in [0.1, 0.15) is 39.6 Å². The van der Waals surface area contributed by atoms with Gasteiger partial charge in [-0.15, -0.1) is 11.3 Å². The summed E-state index contributed by atoms with van der Waals surface area (Å²) < 4.78 is 0. The molecule has 3 heterocycles. The largest absolute Gasteiger partial charge is 0.335 e. The minimum absolute atomic E-state index is 0.239. The monoisotopic (exact) mass is 327 g/mol. The number of hydrogen-bond acceptors (Lipinski definition) is 4. The van der Waals surface area contributed by atoms with Crippen molar-refractivity contribution in [1.82, 2.24) is 14.8 Å². The summed E-state index contributed by atoms with van der Waals surface area (Å²) in [5, 5.41) is 2.07. The zero-order chi connectivity index (χ0) is 15.6. The molecule has 2 aromatic heterocycles. The maximum Gasteiger partial charge on any atom is 0.264 e. The number of aromatic nitrogens is 1. The van der Waals surface area contributed by atoms with E-state index in [1.165, 1.54) is 24.0 Å². The summed E-state index contributed by atoms with van der Waals surface area (Å²) in [6, 6.07) is 6.23. The predicted molar refractivity (Wildman–Crippen MR) is 91.7 cm³/mol. The number of amides is 1. The first kappa shape index (κ1) is 14.8. The van der Waals surface area contributed by atoms with Crippen LogP contribution in [-0.2, 0) is 6.54 Å². The van der Waals surface area contributed by atoms with Crippen molar-refractivity contribution in [3.05, 3.63) is 52.0 Å². The number of thiophene rings is 1. The van der Waals surface area contributed by atoms with Gasteiger partial charge in [0.15, 0.2) is 0 Å². The van der Waals surface area contributed by atoms with Crippen molar-refractivity contribution in [2.45, 2.75) is 25.3 Å². The van der Waals surface area contributed by atoms with Crippen molar-refractivity contribution < 1.29 is 4.79 Å². The van der Waals surface area contributed by atoms with E-state index in [0.717, 1.165) is 37.6 Å². The first-order valence-corrected chi connectivity index (χ1v) is 9.17. The third kappa shape index (κ3) is 3.31. The van der Waals surface area contributed by atoms with Gasteiger partial charge in [-0.1, -0.05) is 6.07 Å². The van der Waals surface area contributed by atoms with Crippen LogP contribution in [0.2, 0.25) is 0 Å². The van der Waals surface area contributed by atoms with Crippen LogP contribution in [0.15, 0.2) is 36.0 Å². The third-order valence-electron chi connectivity index (χ3n) is 4.70. The predicted octanol–water partition coefficient (Wildman–Crippen LogP) is 2.98. The van der Waals surface area contributed by atoms with Gasteiger partial charge in [0.05, 0.1) is 4.88 Å². The Bertz CT molecular complexity index is 673. The SMILES string of the molecule is O=C(c1sccc1C1CC1)N1CCN(Cc2cccnc2)CC1. The third-order valence-corrected chi connectivity index (χ3v) is 5.61. The van der Waals surface area contributed by atoms with E-state index in [1.54, 1.807) is 17.5 Å². The highest BCUT2D eigenvalue weighted by molar-refractivity contribution is 7.12. The van der Waals surface area contributed by atoms with Crippen molar-refractivity contribution in [3.63, 3.8) is 0 Å². The standard InChI is InChI=1S/C18H21N3OS/c22-18(17-16(5-11-23-17)15-3-4-15)21-9-7-20(8-10-21)13-14-2-1-6-19-12-14/h1-2,5-6,11-12,15H,3-4,7-10,13H2. The fourth-order valence-corrected chi connectivity index (χ4v) is 4.16. The first-order valence-electron chi connectivity index (χ1n) is 8.29. The Hall–Kier alpha value is -1.72. The number of piperazine rings is 1. The molecule has 0 radical (unpaired) electrons.